The van der Waals surface area contributed by atoms with Crippen LogP contribution >= 0.6 is 11.8 Å². The van der Waals surface area contributed by atoms with Gasteiger partial charge in [0.1, 0.15) is 6.04 Å². The lowest BCUT2D eigenvalue weighted by Gasteiger charge is -2.06. The summed E-state index contributed by atoms with van der Waals surface area (Å²) in [5.74, 6) is -1.34. The molecule has 2 N–H and O–H groups in total. The summed E-state index contributed by atoms with van der Waals surface area (Å²) in [4.78, 5) is 27.4. The van der Waals surface area contributed by atoms with Gasteiger partial charge in [0.05, 0.1) is 10.6 Å². The number of carboxylic acids is 1. The molecular formula is C16H14N4O3S. The van der Waals surface area contributed by atoms with E-state index in [0.29, 0.717) is 4.91 Å². The maximum atomic E-state index is 12.1. The van der Waals surface area contributed by atoms with Crippen LogP contribution in [0.3, 0.4) is 0 Å². The molecule has 8 heteroatoms. The van der Waals surface area contributed by atoms with Crippen LogP contribution in [0.5, 0.6) is 0 Å². The highest BCUT2D eigenvalue weighted by molar-refractivity contribution is 8.18. The number of hydrogen-bond acceptors (Lipinski definition) is 5. The minimum atomic E-state index is -1.04. The van der Waals surface area contributed by atoms with Gasteiger partial charge in [-0.25, -0.2) is 14.5 Å². The Kier molecular flexibility index (Phi) is 4.48. The number of rotatable bonds is 4. The van der Waals surface area contributed by atoms with E-state index in [1.54, 1.807) is 17.0 Å². The van der Waals surface area contributed by atoms with Gasteiger partial charge >= 0.3 is 5.97 Å². The predicted molar refractivity (Wildman–Crippen MR) is 91.8 cm³/mol. The number of aliphatic carboxylic acids is 1. The van der Waals surface area contributed by atoms with Crippen molar-refractivity contribution in [1.29, 1.82) is 0 Å². The number of nitrogens with one attached hydrogen (secondary N) is 1. The molecule has 0 radical (unpaired) electrons. The molecule has 0 bridgehead atoms. The Morgan fingerprint density at radius 3 is 2.92 bits per heavy atom. The number of carbonyl (C=O) groups is 2. The molecule has 0 saturated carbocycles. The molecule has 1 aliphatic heterocycles. The van der Waals surface area contributed by atoms with Gasteiger partial charge in [-0.15, -0.1) is 0 Å². The summed E-state index contributed by atoms with van der Waals surface area (Å²) in [6.45, 7) is 1.46. The first-order valence-electron chi connectivity index (χ1n) is 7.15. The first kappa shape index (κ1) is 16.0. The lowest BCUT2D eigenvalue weighted by Crippen LogP contribution is -2.23. The van der Waals surface area contributed by atoms with Gasteiger partial charge in [0.15, 0.2) is 5.17 Å². The maximum Gasteiger partial charge on any atom is 0.328 e. The number of carbonyl (C=O) groups excluding carboxylic acids is 1. The Balaban J connectivity index is 1.90. The molecule has 1 aromatic heterocycles. The van der Waals surface area contributed by atoms with Crippen LogP contribution < -0.4 is 5.32 Å². The van der Waals surface area contributed by atoms with Gasteiger partial charge in [-0.1, -0.05) is 18.2 Å². The zero-order valence-electron chi connectivity index (χ0n) is 12.7. The van der Waals surface area contributed by atoms with Gasteiger partial charge in [-0.3, -0.25) is 4.79 Å². The second-order valence-corrected chi connectivity index (χ2v) is 6.05. The SMILES string of the molecule is CC(N=C1NC(=O)/C(=C/c2ccccc2-n2cccn2)S1)C(=O)O. The highest BCUT2D eigenvalue weighted by Crippen LogP contribution is 2.28. The maximum absolute atomic E-state index is 12.1. The molecule has 3 rings (SSSR count). The largest absolute Gasteiger partial charge is 0.480 e. The summed E-state index contributed by atoms with van der Waals surface area (Å²) in [6, 6.07) is 8.45. The molecule has 7 nitrogen and oxygen atoms in total. The average Bonchev–Trinajstić information content (AvgIpc) is 3.18. The van der Waals surface area contributed by atoms with Crippen molar-refractivity contribution < 1.29 is 14.7 Å². The summed E-state index contributed by atoms with van der Waals surface area (Å²) >= 11 is 1.12. The summed E-state index contributed by atoms with van der Waals surface area (Å²) in [5, 5.41) is 16.0. The fraction of sp³-hybridized carbons (Fsp3) is 0.125. The van der Waals surface area contributed by atoms with Gasteiger partial charge in [-0.2, -0.15) is 5.10 Å². The van der Waals surface area contributed by atoms with Crippen LogP contribution in [0, 0.1) is 0 Å². The minimum Gasteiger partial charge on any atom is -0.480 e. The number of aliphatic imine (C=N–C) groups is 1. The Hall–Kier alpha value is -2.87. The summed E-state index contributed by atoms with van der Waals surface area (Å²) in [7, 11) is 0. The second-order valence-electron chi connectivity index (χ2n) is 5.02. The molecule has 2 heterocycles. The van der Waals surface area contributed by atoms with Crippen LogP contribution in [-0.2, 0) is 9.59 Å². The smallest absolute Gasteiger partial charge is 0.328 e. The van der Waals surface area contributed by atoms with E-state index in [9.17, 15) is 9.59 Å². The monoisotopic (exact) mass is 342 g/mol. The third-order valence-electron chi connectivity index (χ3n) is 3.29. The highest BCUT2D eigenvalue weighted by atomic mass is 32.2. The van der Waals surface area contributed by atoms with Crippen molar-refractivity contribution in [2.24, 2.45) is 4.99 Å². The van der Waals surface area contributed by atoms with E-state index in [1.807, 2.05) is 36.5 Å². The number of thioether (sulfide) groups is 1. The third-order valence-corrected chi connectivity index (χ3v) is 4.22. The predicted octanol–water partition coefficient (Wildman–Crippen LogP) is 1.91. The van der Waals surface area contributed by atoms with Gasteiger partial charge < -0.3 is 10.4 Å². The van der Waals surface area contributed by atoms with E-state index >= 15 is 0 Å². The minimum absolute atomic E-state index is 0.290. The van der Waals surface area contributed by atoms with Crippen LogP contribution in [0.25, 0.3) is 11.8 Å². The van der Waals surface area contributed by atoms with E-state index in [-0.39, 0.29) is 11.1 Å². The fourth-order valence-corrected chi connectivity index (χ4v) is 2.98. The lowest BCUT2D eigenvalue weighted by atomic mass is 10.1. The molecule has 1 amide bonds. The topological polar surface area (TPSA) is 96.6 Å². The average molecular weight is 342 g/mol. The van der Waals surface area contributed by atoms with Crippen LogP contribution in [0.15, 0.2) is 52.6 Å². The first-order chi connectivity index (χ1) is 11.5. The molecule has 1 fully saturated rings. The molecule has 2 aromatic rings. The van der Waals surface area contributed by atoms with Crippen LogP contribution in [0.1, 0.15) is 12.5 Å². The van der Waals surface area contributed by atoms with E-state index in [2.05, 4.69) is 15.4 Å². The summed E-state index contributed by atoms with van der Waals surface area (Å²) in [5.41, 5.74) is 1.67. The number of carboxylic acid groups (broad SMARTS) is 1. The van der Waals surface area contributed by atoms with Crippen molar-refractivity contribution in [3.8, 4) is 5.69 Å². The van der Waals surface area contributed by atoms with Crippen molar-refractivity contribution in [3.63, 3.8) is 0 Å². The number of amidine groups is 1. The van der Waals surface area contributed by atoms with Crippen LogP contribution in [-0.4, -0.2) is 38.0 Å². The van der Waals surface area contributed by atoms with Crippen LogP contribution in [0.2, 0.25) is 0 Å². The van der Waals surface area contributed by atoms with Gasteiger partial charge in [0, 0.05) is 18.0 Å². The normalized spacial score (nSPS) is 18.8. The number of para-hydroxylation sites is 1. The Bertz CT molecular complexity index is 843. The van der Waals surface area contributed by atoms with E-state index in [0.717, 1.165) is 23.0 Å². The van der Waals surface area contributed by atoms with Crippen LogP contribution in [0.4, 0.5) is 0 Å². The van der Waals surface area contributed by atoms with Gasteiger partial charge in [0.2, 0.25) is 0 Å². The quantitative estimate of drug-likeness (QED) is 0.827. The van der Waals surface area contributed by atoms with Crippen molar-refractivity contribution in [3.05, 3.63) is 53.2 Å². The van der Waals surface area contributed by atoms with Gasteiger partial charge in [-0.05, 0) is 36.9 Å². The van der Waals surface area contributed by atoms with Crippen molar-refractivity contribution >= 4 is 34.9 Å². The second kappa shape index (κ2) is 6.71. The number of amides is 1. The molecule has 1 aromatic carbocycles. The molecule has 1 saturated heterocycles. The van der Waals surface area contributed by atoms with E-state index < -0.39 is 12.0 Å². The number of nitrogens with zero attached hydrogens (tertiary/aromatic N) is 3. The van der Waals surface area contributed by atoms with Gasteiger partial charge in [0.25, 0.3) is 5.91 Å². The highest BCUT2D eigenvalue weighted by Gasteiger charge is 2.25. The fourth-order valence-electron chi connectivity index (χ4n) is 2.09. The zero-order valence-corrected chi connectivity index (χ0v) is 13.5. The van der Waals surface area contributed by atoms with E-state index in [1.165, 1.54) is 6.92 Å². The first-order valence-corrected chi connectivity index (χ1v) is 7.97. The number of benzene rings is 1. The van der Waals surface area contributed by atoms with Crippen molar-refractivity contribution in [2.45, 2.75) is 13.0 Å². The molecule has 122 valence electrons. The molecule has 1 atom stereocenters. The number of hydrogen-bond donors (Lipinski definition) is 2. The molecule has 0 spiro atoms. The molecule has 1 unspecified atom stereocenters. The van der Waals surface area contributed by atoms with Crippen molar-refractivity contribution in [1.82, 2.24) is 15.1 Å². The van der Waals surface area contributed by atoms with E-state index in [4.69, 9.17) is 5.11 Å². The third kappa shape index (κ3) is 3.38. The zero-order chi connectivity index (χ0) is 17.1. The Labute approximate surface area is 142 Å². The molecule has 24 heavy (non-hydrogen) atoms. The summed E-state index contributed by atoms with van der Waals surface area (Å²) in [6.07, 6.45) is 5.24. The molecular weight excluding hydrogens is 328 g/mol. The Morgan fingerprint density at radius 1 is 1.42 bits per heavy atom. The lowest BCUT2D eigenvalue weighted by molar-refractivity contribution is -0.138. The molecule has 0 aliphatic carbocycles. The number of aromatic nitrogens is 2. The summed E-state index contributed by atoms with van der Waals surface area (Å²) < 4.78 is 1.71. The molecule has 1 aliphatic rings. The van der Waals surface area contributed by atoms with Crippen molar-refractivity contribution in [2.75, 3.05) is 0 Å². The standard InChI is InChI=1S/C16H14N4O3S/c1-10(15(22)23)18-16-19-14(21)13(24-16)9-11-5-2-3-6-12(11)20-8-4-7-17-20/h2-10H,1H3,(H,22,23)(H,18,19,21)/b13-9-. The Morgan fingerprint density at radius 2 is 2.21 bits per heavy atom.